The Morgan fingerprint density at radius 1 is 0.938 bits per heavy atom. The average Bonchev–Trinajstić information content (AvgIpc) is 2.31. The lowest BCUT2D eigenvalue weighted by Gasteiger charge is -2.06. The molecule has 3 heteroatoms. The number of benzene rings is 2. The molecule has 0 fully saturated rings. The lowest BCUT2D eigenvalue weighted by Crippen LogP contribution is -1.90. The van der Waals surface area contributed by atoms with Gasteiger partial charge in [0.25, 0.3) is 0 Å². The lowest BCUT2D eigenvalue weighted by molar-refractivity contribution is 0.619. The molecule has 0 N–H and O–H groups in total. The Morgan fingerprint density at radius 2 is 1.62 bits per heavy atom. The molecule has 0 spiro atoms. The fraction of sp³-hybridized carbons (Fsp3) is 0.0769. The van der Waals surface area contributed by atoms with Crippen LogP contribution in [0.2, 0.25) is 0 Å². The molecule has 0 bridgehead atoms. The Bertz CT molecular complexity index is 492. The zero-order valence-electron chi connectivity index (χ0n) is 8.38. The maximum absolute atomic E-state index is 13.9. The normalized spacial score (nSPS) is 10.4. The molecule has 0 atom stereocenters. The first-order valence-corrected chi connectivity index (χ1v) is 5.35. The fourth-order valence-electron chi connectivity index (χ4n) is 1.54. The van der Waals surface area contributed by atoms with E-state index in [4.69, 9.17) is 11.6 Å². The zero-order chi connectivity index (χ0) is 11.5. The molecule has 0 saturated heterocycles. The maximum atomic E-state index is 13.9. The van der Waals surface area contributed by atoms with Gasteiger partial charge in [-0.3, -0.25) is 0 Å². The zero-order valence-corrected chi connectivity index (χ0v) is 9.14. The topological polar surface area (TPSA) is 0 Å². The van der Waals surface area contributed by atoms with Crippen LogP contribution in [0.15, 0.2) is 42.5 Å². The third-order valence-corrected chi connectivity index (χ3v) is 2.67. The minimum absolute atomic E-state index is 0.126. The van der Waals surface area contributed by atoms with Crippen molar-refractivity contribution in [3.8, 4) is 11.1 Å². The Balaban J connectivity index is 2.51. The molecule has 0 heterocycles. The van der Waals surface area contributed by atoms with Gasteiger partial charge in [0.2, 0.25) is 0 Å². The predicted octanol–water partition coefficient (Wildman–Crippen LogP) is 4.37. The summed E-state index contributed by atoms with van der Waals surface area (Å²) >= 11 is 5.62. The third-order valence-electron chi connectivity index (χ3n) is 2.38. The van der Waals surface area contributed by atoms with E-state index < -0.39 is 0 Å². The molecule has 16 heavy (non-hydrogen) atoms. The van der Waals surface area contributed by atoms with Gasteiger partial charge in [-0.1, -0.05) is 30.3 Å². The molecule has 0 aliphatic carbocycles. The van der Waals surface area contributed by atoms with Crippen LogP contribution in [-0.4, -0.2) is 0 Å². The number of hydrogen-bond donors (Lipinski definition) is 0. The number of halogens is 3. The van der Waals surface area contributed by atoms with Crippen molar-refractivity contribution in [3.05, 3.63) is 59.7 Å². The second kappa shape index (κ2) is 4.62. The van der Waals surface area contributed by atoms with Gasteiger partial charge in [-0.05, 0) is 17.7 Å². The van der Waals surface area contributed by atoms with E-state index in [-0.39, 0.29) is 17.5 Å². The highest BCUT2D eigenvalue weighted by Gasteiger charge is 2.08. The molecule has 0 radical (unpaired) electrons. The van der Waals surface area contributed by atoms with E-state index in [0.717, 1.165) is 0 Å². The SMILES string of the molecule is Fc1ccc(-c2cccc(CCl)c2F)cc1. The summed E-state index contributed by atoms with van der Waals surface area (Å²) in [5, 5.41) is 0. The van der Waals surface area contributed by atoms with Crippen molar-refractivity contribution in [1.82, 2.24) is 0 Å². The molecule has 0 saturated carbocycles. The Kier molecular flexibility index (Phi) is 3.20. The molecule has 0 aliphatic rings. The van der Waals surface area contributed by atoms with Crippen molar-refractivity contribution in [2.24, 2.45) is 0 Å². The largest absolute Gasteiger partial charge is 0.207 e. The van der Waals surface area contributed by atoms with Gasteiger partial charge in [0.15, 0.2) is 0 Å². The van der Waals surface area contributed by atoms with E-state index in [1.165, 1.54) is 12.1 Å². The van der Waals surface area contributed by atoms with Crippen LogP contribution in [0.1, 0.15) is 5.56 Å². The molecule has 2 aromatic carbocycles. The highest BCUT2D eigenvalue weighted by atomic mass is 35.5. The van der Waals surface area contributed by atoms with E-state index in [2.05, 4.69) is 0 Å². The monoisotopic (exact) mass is 238 g/mol. The summed E-state index contributed by atoms with van der Waals surface area (Å²) in [6.07, 6.45) is 0. The van der Waals surface area contributed by atoms with E-state index in [1.54, 1.807) is 30.3 Å². The van der Waals surface area contributed by atoms with Crippen molar-refractivity contribution < 1.29 is 8.78 Å². The van der Waals surface area contributed by atoms with Crippen molar-refractivity contribution >= 4 is 11.6 Å². The second-order valence-electron chi connectivity index (χ2n) is 3.42. The van der Waals surface area contributed by atoms with Crippen LogP contribution < -0.4 is 0 Å². The summed E-state index contributed by atoms with van der Waals surface area (Å²) in [4.78, 5) is 0. The Hall–Kier alpha value is -1.41. The summed E-state index contributed by atoms with van der Waals surface area (Å²) in [6.45, 7) is 0. The average molecular weight is 239 g/mol. The van der Waals surface area contributed by atoms with Crippen LogP contribution in [0.25, 0.3) is 11.1 Å². The molecule has 2 rings (SSSR count). The minimum Gasteiger partial charge on any atom is -0.207 e. The van der Waals surface area contributed by atoms with E-state index >= 15 is 0 Å². The highest BCUT2D eigenvalue weighted by molar-refractivity contribution is 6.17. The highest BCUT2D eigenvalue weighted by Crippen LogP contribution is 2.25. The standard InChI is InChI=1S/C13H9ClF2/c14-8-10-2-1-3-12(13(10)16)9-4-6-11(15)7-5-9/h1-7H,8H2. The molecular formula is C13H9ClF2. The maximum Gasteiger partial charge on any atom is 0.135 e. The number of alkyl halides is 1. The fourth-order valence-corrected chi connectivity index (χ4v) is 1.74. The second-order valence-corrected chi connectivity index (χ2v) is 3.69. The Labute approximate surface area is 97.5 Å². The predicted molar refractivity (Wildman–Crippen MR) is 61.4 cm³/mol. The summed E-state index contributed by atoms with van der Waals surface area (Å²) in [6, 6.07) is 10.7. The van der Waals surface area contributed by atoms with Crippen LogP contribution in [0.3, 0.4) is 0 Å². The van der Waals surface area contributed by atoms with Gasteiger partial charge < -0.3 is 0 Å². The third kappa shape index (κ3) is 2.07. The van der Waals surface area contributed by atoms with Gasteiger partial charge in [0.1, 0.15) is 11.6 Å². The van der Waals surface area contributed by atoms with Crippen molar-refractivity contribution in [1.29, 1.82) is 0 Å². The van der Waals surface area contributed by atoms with Crippen LogP contribution >= 0.6 is 11.6 Å². The van der Waals surface area contributed by atoms with Gasteiger partial charge in [-0.25, -0.2) is 8.78 Å². The van der Waals surface area contributed by atoms with Crippen LogP contribution in [0.4, 0.5) is 8.78 Å². The van der Waals surface area contributed by atoms with Crippen molar-refractivity contribution in [3.63, 3.8) is 0 Å². The molecule has 0 amide bonds. The number of rotatable bonds is 2. The van der Waals surface area contributed by atoms with Crippen LogP contribution in [-0.2, 0) is 5.88 Å². The van der Waals surface area contributed by atoms with Crippen molar-refractivity contribution in [2.75, 3.05) is 0 Å². The quantitative estimate of drug-likeness (QED) is 0.682. The van der Waals surface area contributed by atoms with Gasteiger partial charge in [-0.15, -0.1) is 11.6 Å². The van der Waals surface area contributed by atoms with Crippen molar-refractivity contribution in [2.45, 2.75) is 5.88 Å². The molecule has 0 unspecified atom stereocenters. The summed E-state index contributed by atoms with van der Waals surface area (Å²) < 4.78 is 26.6. The van der Waals surface area contributed by atoms with Crippen LogP contribution in [0.5, 0.6) is 0 Å². The van der Waals surface area contributed by atoms with Gasteiger partial charge in [0, 0.05) is 11.1 Å². The summed E-state index contributed by atoms with van der Waals surface area (Å²) in [5.41, 5.74) is 1.53. The number of hydrogen-bond acceptors (Lipinski definition) is 0. The molecule has 0 nitrogen and oxygen atoms in total. The van der Waals surface area contributed by atoms with Crippen LogP contribution in [0, 0.1) is 11.6 Å². The first-order valence-electron chi connectivity index (χ1n) is 4.81. The molecule has 82 valence electrons. The molecule has 0 aliphatic heterocycles. The molecule has 0 aromatic heterocycles. The molecule has 2 aromatic rings. The Morgan fingerprint density at radius 3 is 2.25 bits per heavy atom. The smallest absolute Gasteiger partial charge is 0.135 e. The minimum atomic E-state index is -0.343. The summed E-state index contributed by atoms with van der Waals surface area (Å²) in [5.74, 6) is -0.553. The first kappa shape index (κ1) is 11.1. The van der Waals surface area contributed by atoms with Gasteiger partial charge in [-0.2, -0.15) is 0 Å². The van der Waals surface area contributed by atoms with Gasteiger partial charge in [0.05, 0.1) is 5.88 Å². The molecular weight excluding hydrogens is 230 g/mol. The van der Waals surface area contributed by atoms with E-state index in [0.29, 0.717) is 16.7 Å². The van der Waals surface area contributed by atoms with E-state index in [9.17, 15) is 8.78 Å². The lowest BCUT2D eigenvalue weighted by atomic mass is 10.0. The van der Waals surface area contributed by atoms with Gasteiger partial charge >= 0.3 is 0 Å². The van der Waals surface area contributed by atoms with E-state index in [1.807, 2.05) is 0 Å². The summed E-state index contributed by atoms with van der Waals surface area (Å²) in [7, 11) is 0. The first-order chi connectivity index (χ1) is 7.72.